The van der Waals surface area contributed by atoms with Crippen molar-refractivity contribution in [1.29, 1.82) is 0 Å². The molecule has 25 heavy (non-hydrogen) atoms. The summed E-state index contributed by atoms with van der Waals surface area (Å²) in [6, 6.07) is 24.7. The van der Waals surface area contributed by atoms with E-state index in [4.69, 9.17) is 0 Å². The molecule has 0 aliphatic carbocycles. The molecule has 1 aliphatic heterocycles. The summed E-state index contributed by atoms with van der Waals surface area (Å²) in [5.74, 6) is 0. The largest absolute Gasteiger partial charge is 0.314 e. The molecule has 1 aromatic heterocycles. The smallest absolute Gasteiger partial charge is 0.0697 e. The van der Waals surface area contributed by atoms with Gasteiger partial charge in [-0.25, -0.2) is 0 Å². The van der Waals surface area contributed by atoms with Crippen molar-refractivity contribution in [2.45, 2.75) is 13.0 Å². The van der Waals surface area contributed by atoms with Crippen LogP contribution >= 0.6 is 11.3 Å². The van der Waals surface area contributed by atoms with Crippen molar-refractivity contribution in [3.8, 4) is 11.1 Å². The van der Waals surface area contributed by atoms with Crippen LogP contribution in [-0.4, -0.2) is 31.1 Å². The number of aryl methyl sites for hydroxylation is 1. The summed E-state index contributed by atoms with van der Waals surface area (Å²) < 4.78 is 0. The molecule has 1 fully saturated rings. The summed E-state index contributed by atoms with van der Waals surface area (Å²) >= 11 is 1.92. The summed E-state index contributed by atoms with van der Waals surface area (Å²) in [5, 5.41) is 3.47. The van der Waals surface area contributed by atoms with Crippen molar-refractivity contribution in [2.75, 3.05) is 26.2 Å². The summed E-state index contributed by atoms with van der Waals surface area (Å²) in [6.45, 7) is 6.54. The third kappa shape index (κ3) is 3.69. The zero-order chi connectivity index (χ0) is 17.1. The fourth-order valence-corrected chi connectivity index (χ4v) is 4.62. The Bertz CT molecular complexity index is 802. The quantitative estimate of drug-likeness (QED) is 0.734. The van der Waals surface area contributed by atoms with Crippen LogP contribution in [0.4, 0.5) is 0 Å². The molecule has 1 N–H and O–H groups in total. The second-order valence-corrected chi connectivity index (χ2v) is 7.94. The predicted octanol–water partition coefficient (Wildman–Crippen LogP) is 4.72. The SMILES string of the molecule is Cc1ccc(C(c2ccc(-c3ccccc3)cc2)N2CCNCC2)s1. The van der Waals surface area contributed by atoms with Gasteiger partial charge in [0.25, 0.3) is 0 Å². The number of benzene rings is 2. The van der Waals surface area contributed by atoms with Crippen LogP contribution in [0.1, 0.15) is 21.4 Å². The maximum Gasteiger partial charge on any atom is 0.0697 e. The third-order valence-electron chi connectivity index (χ3n) is 4.88. The maximum atomic E-state index is 3.47. The molecule has 128 valence electrons. The first-order valence-corrected chi connectivity index (χ1v) is 9.79. The minimum Gasteiger partial charge on any atom is -0.314 e. The number of nitrogens with zero attached hydrogens (tertiary/aromatic N) is 1. The summed E-state index contributed by atoms with van der Waals surface area (Å²) in [6.07, 6.45) is 0. The Morgan fingerprint density at radius 1 is 0.840 bits per heavy atom. The Hall–Kier alpha value is -1.94. The normalized spacial score (nSPS) is 16.7. The molecule has 1 aliphatic rings. The molecule has 2 aromatic carbocycles. The average Bonchev–Trinajstić information content (AvgIpc) is 3.10. The second kappa shape index (κ2) is 7.52. The molecule has 2 heterocycles. The Balaban J connectivity index is 1.67. The van der Waals surface area contributed by atoms with Gasteiger partial charge in [0.15, 0.2) is 0 Å². The molecule has 3 heteroatoms. The van der Waals surface area contributed by atoms with Crippen LogP contribution < -0.4 is 5.32 Å². The van der Waals surface area contributed by atoms with Crippen molar-refractivity contribution in [1.82, 2.24) is 10.2 Å². The first-order chi connectivity index (χ1) is 12.3. The monoisotopic (exact) mass is 348 g/mol. The summed E-state index contributed by atoms with van der Waals surface area (Å²) in [5.41, 5.74) is 3.95. The van der Waals surface area contributed by atoms with Crippen LogP contribution in [-0.2, 0) is 0 Å². The molecular weight excluding hydrogens is 324 g/mol. The highest BCUT2D eigenvalue weighted by Crippen LogP contribution is 2.34. The zero-order valence-corrected chi connectivity index (χ0v) is 15.4. The van der Waals surface area contributed by atoms with Crippen molar-refractivity contribution >= 4 is 11.3 Å². The maximum absolute atomic E-state index is 3.47. The van der Waals surface area contributed by atoms with E-state index in [-0.39, 0.29) is 0 Å². The van der Waals surface area contributed by atoms with E-state index in [0.717, 1.165) is 26.2 Å². The predicted molar refractivity (Wildman–Crippen MR) is 107 cm³/mol. The number of nitrogens with one attached hydrogen (secondary N) is 1. The van der Waals surface area contributed by atoms with Crippen molar-refractivity contribution in [3.05, 3.63) is 82.0 Å². The fraction of sp³-hybridized carbons (Fsp3) is 0.273. The van der Waals surface area contributed by atoms with Gasteiger partial charge < -0.3 is 5.32 Å². The van der Waals surface area contributed by atoms with Gasteiger partial charge in [-0.3, -0.25) is 4.90 Å². The highest BCUT2D eigenvalue weighted by molar-refractivity contribution is 7.12. The van der Waals surface area contributed by atoms with E-state index in [2.05, 4.69) is 83.9 Å². The second-order valence-electron chi connectivity index (χ2n) is 6.62. The van der Waals surface area contributed by atoms with Gasteiger partial charge in [-0.2, -0.15) is 0 Å². The number of piperazine rings is 1. The Labute approximate surface area is 154 Å². The number of hydrogen-bond donors (Lipinski definition) is 1. The molecule has 1 unspecified atom stereocenters. The molecule has 0 bridgehead atoms. The van der Waals surface area contributed by atoms with Crippen LogP contribution in [0, 0.1) is 6.92 Å². The number of rotatable bonds is 4. The minimum atomic E-state index is 0.366. The van der Waals surface area contributed by atoms with Crippen LogP contribution in [0.15, 0.2) is 66.7 Å². The van der Waals surface area contributed by atoms with Gasteiger partial charge in [0.1, 0.15) is 0 Å². The topological polar surface area (TPSA) is 15.3 Å². The molecule has 2 nitrogen and oxygen atoms in total. The van der Waals surface area contributed by atoms with Crippen LogP contribution in [0.5, 0.6) is 0 Å². The molecule has 4 rings (SSSR count). The molecule has 0 spiro atoms. The Morgan fingerprint density at radius 2 is 1.52 bits per heavy atom. The van der Waals surface area contributed by atoms with E-state index in [1.165, 1.54) is 26.4 Å². The molecule has 1 saturated heterocycles. The van der Waals surface area contributed by atoms with E-state index in [1.54, 1.807) is 0 Å². The Kier molecular flexibility index (Phi) is 4.97. The highest BCUT2D eigenvalue weighted by Gasteiger charge is 2.25. The fourth-order valence-electron chi connectivity index (χ4n) is 3.58. The van der Waals surface area contributed by atoms with Gasteiger partial charge >= 0.3 is 0 Å². The van der Waals surface area contributed by atoms with Crippen molar-refractivity contribution in [2.24, 2.45) is 0 Å². The average molecular weight is 349 g/mol. The summed E-state index contributed by atoms with van der Waals surface area (Å²) in [7, 11) is 0. The first-order valence-electron chi connectivity index (χ1n) is 8.98. The van der Waals surface area contributed by atoms with Crippen LogP contribution in [0.3, 0.4) is 0 Å². The van der Waals surface area contributed by atoms with Gasteiger partial charge in [0.05, 0.1) is 6.04 Å². The lowest BCUT2D eigenvalue weighted by Gasteiger charge is -2.34. The Morgan fingerprint density at radius 3 is 2.16 bits per heavy atom. The van der Waals surface area contributed by atoms with Gasteiger partial charge in [-0.1, -0.05) is 54.6 Å². The zero-order valence-electron chi connectivity index (χ0n) is 14.6. The molecule has 3 aromatic rings. The van der Waals surface area contributed by atoms with E-state index >= 15 is 0 Å². The molecular formula is C22H24N2S. The van der Waals surface area contributed by atoms with E-state index in [1.807, 2.05) is 11.3 Å². The first kappa shape index (κ1) is 16.5. The lowest BCUT2D eigenvalue weighted by molar-refractivity contribution is 0.200. The van der Waals surface area contributed by atoms with Crippen LogP contribution in [0.2, 0.25) is 0 Å². The van der Waals surface area contributed by atoms with Crippen LogP contribution in [0.25, 0.3) is 11.1 Å². The van der Waals surface area contributed by atoms with Gasteiger partial charge in [0.2, 0.25) is 0 Å². The van der Waals surface area contributed by atoms with Gasteiger partial charge in [-0.15, -0.1) is 11.3 Å². The lowest BCUT2D eigenvalue weighted by Crippen LogP contribution is -2.45. The van der Waals surface area contributed by atoms with E-state index in [0.29, 0.717) is 6.04 Å². The standard InChI is InChI=1S/C22H24N2S/c1-17-7-12-21(25-17)22(24-15-13-23-14-16-24)20-10-8-19(9-11-20)18-5-3-2-4-6-18/h2-12,22-23H,13-16H2,1H3. The number of thiophene rings is 1. The molecule has 0 amide bonds. The molecule has 0 saturated carbocycles. The molecule has 1 atom stereocenters. The van der Waals surface area contributed by atoms with E-state index in [9.17, 15) is 0 Å². The lowest BCUT2D eigenvalue weighted by atomic mass is 9.98. The summed E-state index contributed by atoms with van der Waals surface area (Å²) in [4.78, 5) is 5.45. The third-order valence-corrected chi connectivity index (χ3v) is 5.93. The van der Waals surface area contributed by atoms with E-state index < -0.39 is 0 Å². The number of hydrogen-bond acceptors (Lipinski definition) is 3. The van der Waals surface area contributed by atoms with Gasteiger partial charge in [0, 0.05) is 35.9 Å². The van der Waals surface area contributed by atoms with Gasteiger partial charge in [-0.05, 0) is 35.7 Å². The molecule has 0 radical (unpaired) electrons. The van der Waals surface area contributed by atoms with Crippen molar-refractivity contribution in [3.63, 3.8) is 0 Å². The van der Waals surface area contributed by atoms with Crippen molar-refractivity contribution < 1.29 is 0 Å². The minimum absolute atomic E-state index is 0.366. The highest BCUT2D eigenvalue weighted by atomic mass is 32.1.